The van der Waals surface area contributed by atoms with Gasteiger partial charge in [-0.15, -0.1) is 0 Å². The average molecular weight is 543 g/mol. The maximum absolute atomic E-state index is 12.5. The number of likely N-dealkylation sites (N-methyl/N-ethyl adjacent to an activating group) is 1. The maximum Gasteiger partial charge on any atom is 0.408 e. The molecule has 11 nitrogen and oxygen atoms in total. The van der Waals surface area contributed by atoms with Crippen LogP contribution in [0.5, 0.6) is 0 Å². The van der Waals surface area contributed by atoms with Crippen LogP contribution in [0.3, 0.4) is 0 Å². The molecule has 4 rings (SSSR count). The summed E-state index contributed by atoms with van der Waals surface area (Å²) in [7, 11) is 1.69. The Labute approximate surface area is 234 Å². The molecule has 3 aromatic rings. The lowest BCUT2D eigenvalue weighted by molar-refractivity contribution is -0.129. The van der Waals surface area contributed by atoms with Gasteiger partial charge in [0.05, 0.1) is 17.4 Å². The number of alkyl carbamates (subject to hydrolysis) is 1. The number of rotatable bonds is 7. The van der Waals surface area contributed by atoms with Crippen LogP contribution in [0.2, 0.25) is 0 Å². The highest BCUT2D eigenvalue weighted by Crippen LogP contribution is 2.23. The minimum atomic E-state index is -0.624. The number of nitrogens with zero attached hydrogens (tertiary/aromatic N) is 7. The predicted molar refractivity (Wildman–Crippen MR) is 152 cm³/mol. The Morgan fingerprint density at radius 3 is 2.40 bits per heavy atom. The van der Waals surface area contributed by atoms with Crippen LogP contribution in [0, 0.1) is 11.3 Å². The number of piperazine rings is 1. The first kappa shape index (κ1) is 28.3. The smallest absolute Gasteiger partial charge is 0.408 e. The van der Waals surface area contributed by atoms with E-state index in [1.807, 2.05) is 42.7 Å². The summed E-state index contributed by atoms with van der Waals surface area (Å²) in [6, 6.07) is 11.9. The number of aromatic nitrogens is 3. The number of pyridine rings is 1. The van der Waals surface area contributed by atoms with Crippen molar-refractivity contribution in [1.82, 2.24) is 25.2 Å². The van der Waals surface area contributed by atoms with Crippen molar-refractivity contribution in [3.63, 3.8) is 0 Å². The second-order valence-electron chi connectivity index (χ2n) is 10.6. The zero-order valence-electron chi connectivity index (χ0n) is 23.3. The number of nitriles is 1. The molecule has 0 radical (unpaired) electrons. The molecule has 2 aromatic heterocycles. The molecular formula is C29H34N8O3. The highest BCUT2D eigenvalue weighted by Gasteiger charge is 2.20. The van der Waals surface area contributed by atoms with Gasteiger partial charge < -0.3 is 24.8 Å². The summed E-state index contributed by atoms with van der Waals surface area (Å²) >= 11 is 0. The molecule has 1 aromatic carbocycles. The lowest BCUT2D eigenvalue weighted by Gasteiger charge is -2.35. The highest BCUT2D eigenvalue weighted by molar-refractivity contribution is 5.82. The van der Waals surface area contributed by atoms with Crippen LogP contribution in [0.25, 0.3) is 11.1 Å². The maximum atomic E-state index is 12.5. The van der Waals surface area contributed by atoms with Crippen molar-refractivity contribution in [2.75, 3.05) is 49.6 Å². The lowest BCUT2D eigenvalue weighted by Crippen LogP contribution is -2.47. The Morgan fingerprint density at radius 1 is 1.02 bits per heavy atom. The first-order valence-corrected chi connectivity index (χ1v) is 13.1. The molecule has 0 saturated carbocycles. The van der Waals surface area contributed by atoms with Crippen molar-refractivity contribution in [3.8, 4) is 17.2 Å². The molecule has 1 fully saturated rings. The summed E-state index contributed by atoms with van der Waals surface area (Å²) in [5.41, 5.74) is 3.65. The molecule has 1 N–H and O–H groups in total. The quantitative estimate of drug-likeness (QED) is 0.479. The molecule has 11 heteroatoms. The molecule has 0 unspecified atom stereocenters. The Morgan fingerprint density at radius 2 is 1.73 bits per heavy atom. The Kier molecular flexibility index (Phi) is 8.79. The normalized spacial score (nSPS) is 13.4. The minimum Gasteiger partial charge on any atom is -0.444 e. The molecule has 40 heavy (non-hydrogen) atoms. The summed E-state index contributed by atoms with van der Waals surface area (Å²) in [5.74, 6) is 0.448. The molecule has 208 valence electrons. The molecule has 0 bridgehead atoms. The third-order valence-electron chi connectivity index (χ3n) is 6.31. The zero-order chi connectivity index (χ0) is 28.7. The number of benzene rings is 1. The number of amides is 2. The van der Waals surface area contributed by atoms with Crippen molar-refractivity contribution in [2.24, 2.45) is 0 Å². The monoisotopic (exact) mass is 542 g/mol. The molecule has 0 aliphatic carbocycles. The van der Waals surface area contributed by atoms with Crippen molar-refractivity contribution >= 4 is 23.6 Å². The van der Waals surface area contributed by atoms with E-state index in [2.05, 4.69) is 36.1 Å². The fourth-order valence-corrected chi connectivity index (χ4v) is 4.27. The number of anilines is 2. The van der Waals surface area contributed by atoms with Crippen LogP contribution in [0.15, 0.2) is 55.1 Å². The second-order valence-corrected chi connectivity index (χ2v) is 10.6. The van der Waals surface area contributed by atoms with Crippen LogP contribution in [-0.4, -0.2) is 77.2 Å². The standard InChI is InChI=1S/C29H34N8O3/c1-29(2,3)40-28(39)34-19-26(38)35(4)20-21-6-5-7-23(12-21)24-16-32-27(33-17-24)37-10-8-36(9-11-37)25-13-22(14-30)15-31-18-25/h5-7,12-13,15-18H,8-11,19-20H2,1-4H3,(H,34,39). The van der Waals surface area contributed by atoms with Crippen LogP contribution < -0.4 is 15.1 Å². The summed E-state index contributed by atoms with van der Waals surface area (Å²) in [6.07, 6.45) is 6.35. The SMILES string of the molecule is CN(Cc1cccc(-c2cnc(N3CCN(c4cncc(C#N)c4)CC3)nc2)c1)C(=O)CNC(=O)OC(C)(C)C. The number of hydrogen-bond donors (Lipinski definition) is 1. The highest BCUT2D eigenvalue weighted by atomic mass is 16.6. The van der Waals surface area contributed by atoms with E-state index in [0.29, 0.717) is 18.1 Å². The van der Waals surface area contributed by atoms with E-state index < -0.39 is 11.7 Å². The predicted octanol–water partition coefficient (Wildman–Crippen LogP) is 3.22. The fourth-order valence-electron chi connectivity index (χ4n) is 4.27. The molecule has 1 saturated heterocycles. The van der Waals surface area contributed by atoms with Crippen molar-refractivity contribution in [2.45, 2.75) is 32.9 Å². The molecule has 0 atom stereocenters. The van der Waals surface area contributed by atoms with Gasteiger partial charge in [0.25, 0.3) is 0 Å². The number of carbonyl (C=O) groups excluding carboxylic acids is 2. The van der Waals surface area contributed by atoms with Gasteiger partial charge in [-0.2, -0.15) is 5.26 Å². The van der Waals surface area contributed by atoms with E-state index in [9.17, 15) is 9.59 Å². The molecule has 3 heterocycles. The van der Waals surface area contributed by atoms with Crippen LogP contribution in [0.4, 0.5) is 16.4 Å². The largest absolute Gasteiger partial charge is 0.444 e. The van der Waals surface area contributed by atoms with E-state index in [-0.39, 0.29) is 12.5 Å². The summed E-state index contributed by atoms with van der Waals surface area (Å²) < 4.78 is 5.18. The van der Waals surface area contributed by atoms with Crippen LogP contribution >= 0.6 is 0 Å². The van der Waals surface area contributed by atoms with Gasteiger partial charge in [0.15, 0.2) is 0 Å². The summed E-state index contributed by atoms with van der Waals surface area (Å²) in [5, 5.41) is 11.6. The number of nitrogens with one attached hydrogen (secondary N) is 1. The molecule has 1 aliphatic heterocycles. The van der Waals surface area contributed by atoms with Crippen LogP contribution in [-0.2, 0) is 16.1 Å². The van der Waals surface area contributed by atoms with Gasteiger partial charge in [0, 0.05) is 63.9 Å². The Hall–Kier alpha value is -4.72. The van der Waals surface area contributed by atoms with E-state index >= 15 is 0 Å². The molecule has 0 spiro atoms. The van der Waals surface area contributed by atoms with Gasteiger partial charge in [0.2, 0.25) is 11.9 Å². The number of carbonyl (C=O) groups is 2. The Bertz CT molecular complexity index is 1370. The lowest BCUT2D eigenvalue weighted by atomic mass is 10.1. The third kappa shape index (κ3) is 7.66. The van der Waals surface area contributed by atoms with Gasteiger partial charge in [0.1, 0.15) is 18.2 Å². The van der Waals surface area contributed by atoms with E-state index in [0.717, 1.165) is 48.6 Å². The second kappa shape index (κ2) is 12.4. The molecular weight excluding hydrogens is 508 g/mol. The van der Waals surface area contributed by atoms with Gasteiger partial charge >= 0.3 is 6.09 Å². The van der Waals surface area contributed by atoms with Crippen molar-refractivity contribution < 1.29 is 14.3 Å². The van der Waals surface area contributed by atoms with Gasteiger partial charge in [-0.3, -0.25) is 9.78 Å². The van der Waals surface area contributed by atoms with E-state index in [1.54, 1.807) is 45.1 Å². The first-order chi connectivity index (χ1) is 19.1. The first-order valence-electron chi connectivity index (χ1n) is 13.1. The van der Waals surface area contributed by atoms with Gasteiger partial charge in [-0.05, 0) is 44.0 Å². The fraction of sp³-hybridized carbons (Fsp3) is 0.379. The summed E-state index contributed by atoms with van der Waals surface area (Å²) in [6.45, 7) is 8.63. The topological polar surface area (TPSA) is 128 Å². The van der Waals surface area contributed by atoms with Gasteiger partial charge in [-0.25, -0.2) is 14.8 Å². The van der Waals surface area contributed by atoms with Crippen molar-refractivity contribution in [3.05, 3.63) is 66.2 Å². The number of hydrogen-bond acceptors (Lipinski definition) is 9. The summed E-state index contributed by atoms with van der Waals surface area (Å²) in [4.78, 5) is 43.6. The molecule has 1 aliphatic rings. The molecule has 2 amide bonds. The van der Waals surface area contributed by atoms with Crippen LogP contribution in [0.1, 0.15) is 31.9 Å². The van der Waals surface area contributed by atoms with Crippen molar-refractivity contribution in [1.29, 1.82) is 5.26 Å². The Balaban J connectivity index is 1.31. The number of ether oxygens (including phenoxy) is 1. The van der Waals surface area contributed by atoms with E-state index in [4.69, 9.17) is 10.00 Å². The third-order valence-corrected chi connectivity index (χ3v) is 6.31. The zero-order valence-corrected chi connectivity index (χ0v) is 23.3. The van der Waals surface area contributed by atoms with E-state index in [1.165, 1.54) is 0 Å². The van der Waals surface area contributed by atoms with Gasteiger partial charge in [-0.1, -0.05) is 18.2 Å². The minimum absolute atomic E-state index is 0.141. The average Bonchev–Trinajstić information content (AvgIpc) is 2.95.